The lowest BCUT2D eigenvalue weighted by molar-refractivity contribution is 0.0506. The lowest BCUT2D eigenvalue weighted by Crippen LogP contribution is -2.40. The maximum absolute atomic E-state index is 11.8. The Kier molecular flexibility index (Phi) is 5.50. The predicted octanol–water partition coefficient (Wildman–Crippen LogP) is 3.86. The minimum absolute atomic E-state index is 0.169. The molecule has 1 amide bonds. The van der Waals surface area contributed by atoms with Crippen LogP contribution < -0.4 is 5.32 Å². The highest BCUT2D eigenvalue weighted by atomic mass is 79.9. The summed E-state index contributed by atoms with van der Waals surface area (Å²) >= 11 is 3.53. The van der Waals surface area contributed by atoms with Gasteiger partial charge in [-0.3, -0.25) is 4.90 Å². The molecule has 1 N–H and O–H groups in total. The highest BCUT2D eigenvalue weighted by molar-refractivity contribution is 9.10. The molecule has 0 aromatic heterocycles. The zero-order valence-corrected chi connectivity index (χ0v) is 15.4. The monoisotopic (exact) mass is 368 g/mol. The first-order chi connectivity index (χ1) is 10.2. The van der Waals surface area contributed by atoms with Crippen LogP contribution in [-0.2, 0) is 11.3 Å². The smallest absolute Gasteiger partial charge is 0.407 e. The van der Waals surface area contributed by atoms with Crippen molar-refractivity contribution in [3.05, 3.63) is 33.8 Å². The van der Waals surface area contributed by atoms with Crippen molar-refractivity contribution in [2.75, 3.05) is 13.1 Å². The van der Waals surface area contributed by atoms with Crippen LogP contribution in [0, 0.1) is 6.92 Å². The molecule has 1 saturated heterocycles. The molecular formula is C17H25BrN2O2. The summed E-state index contributed by atoms with van der Waals surface area (Å²) in [4.78, 5) is 14.2. The van der Waals surface area contributed by atoms with Crippen LogP contribution in [0.1, 0.15) is 38.3 Å². The number of hydrogen-bond donors (Lipinski definition) is 1. The lowest BCUT2D eigenvalue weighted by Gasteiger charge is -2.22. The van der Waals surface area contributed by atoms with Gasteiger partial charge in [0.05, 0.1) is 0 Å². The summed E-state index contributed by atoms with van der Waals surface area (Å²) < 4.78 is 6.42. The van der Waals surface area contributed by atoms with Crippen molar-refractivity contribution in [1.82, 2.24) is 10.2 Å². The molecule has 2 rings (SSSR count). The van der Waals surface area contributed by atoms with Gasteiger partial charge in [-0.25, -0.2) is 4.79 Å². The second-order valence-electron chi connectivity index (χ2n) is 6.94. The van der Waals surface area contributed by atoms with E-state index in [0.29, 0.717) is 0 Å². The normalized spacial score (nSPS) is 19.2. The number of hydrogen-bond acceptors (Lipinski definition) is 3. The van der Waals surface area contributed by atoms with E-state index in [2.05, 4.69) is 51.3 Å². The molecule has 1 unspecified atom stereocenters. The zero-order chi connectivity index (χ0) is 16.3. The van der Waals surface area contributed by atoms with E-state index >= 15 is 0 Å². The molecular weight excluding hydrogens is 344 g/mol. The zero-order valence-electron chi connectivity index (χ0n) is 13.8. The van der Waals surface area contributed by atoms with Crippen LogP contribution >= 0.6 is 15.9 Å². The fraction of sp³-hybridized carbons (Fsp3) is 0.588. The topological polar surface area (TPSA) is 41.6 Å². The molecule has 1 fully saturated rings. The fourth-order valence-electron chi connectivity index (χ4n) is 2.62. The summed E-state index contributed by atoms with van der Waals surface area (Å²) in [7, 11) is 0. The number of halogens is 1. The number of amides is 1. The molecule has 1 heterocycles. The van der Waals surface area contributed by atoms with E-state index in [9.17, 15) is 4.79 Å². The molecule has 0 radical (unpaired) electrons. The molecule has 1 aliphatic rings. The van der Waals surface area contributed by atoms with E-state index in [1.54, 1.807) is 0 Å². The molecule has 0 aliphatic carbocycles. The maximum Gasteiger partial charge on any atom is 0.407 e. The first kappa shape index (κ1) is 17.3. The third kappa shape index (κ3) is 5.29. The SMILES string of the molecule is Cc1ccc(Br)cc1CN1CCC(NC(=O)OC(C)(C)C)C1. The van der Waals surface area contributed by atoms with E-state index in [1.165, 1.54) is 11.1 Å². The van der Waals surface area contributed by atoms with Crippen molar-refractivity contribution in [3.63, 3.8) is 0 Å². The van der Waals surface area contributed by atoms with Crippen LogP contribution in [0.15, 0.2) is 22.7 Å². The minimum Gasteiger partial charge on any atom is -0.444 e. The molecule has 0 spiro atoms. The van der Waals surface area contributed by atoms with Crippen LogP contribution in [0.25, 0.3) is 0 Å². The number of rotatable bonds is 3. The van der Waals surface area contributed by atoms with Gasteiger partial charge < -0.3 is 10.1 Å². The van der Waals surface area contributed by atoms with Crippen LogP contribution in [0.3, 0.4) is 0 Å². The van der Waals surface area contributed by atoms with Gasteiger partial charge in [-0.15, -0.1) is 0 Å². The van der Waals surface area contributed by atoms with Gasteiger partial charge in [0.2, 0.25) is 0 Å². The Morgan fingerprint density at radius 3 is 2.86 bits per heavy atom. The van der Waals surface area contributed by atoms with Crippen molar-refractivity contribution in [3.8, 4) is 0 Å². The number of nitrogens with one attached hydrogen (secondary N) is 1. The van der Waals surface area contributed by atoms with Crippen LogP contribution in [0.4, 0.5) is 4.79 Å². The Morgan fingerprint density at radius 2 is 2.18 bits per heavy atom. The number of carbonyl (C=O) groups is 1. The summed E-state index contributed by atoms with van der Waals surface area (Å²) in [6.45, 7) is 10.5. The Bertz CT molecular complexity index is 540. The van der Waals surface area contributed by atoms with E-state index in [1.807, 2.05) is 20.8 Å². The highest BCUT2D eigenvalue weighted by Gasteiger charge is 2.26. The van der Waals surface area contributed by atoms with Gasteiger partial charge in [-0.1, -0.05) is 22.0 Å². The van der Waals surface area contributed by atoms with Gasteiger partial charge in [0.25, 0.3) is 0 Å². The van der Waals surface area contributed by atoms with Crippen molar-refractivity contribution in [1.29, 1.82) is 0 Å². The number of aryl methyl sites for hydroxylation is 1. The second-order valence-corrected chi connectivity index (χ2v) is 7.85. The van der Waals surface area contributed by atoms with Crippen LogP contribution in [-0.4, -0.2) is 35.7 Å². The van der Waals surface area contributed by atoms with Gasteiger partial charge in [0, 0.05) is 30.1 Å². The van der Waals surface area contributed by atoms with Crippen molar-refractivity contribution < 1.29 is 9.53 Å². The third-order valence-electron chi connectivity index (χ3n) is 3.70. The molecule has 1 aliphatic heterocycles. The standard InChI is InChI=1S/C17H25BrN2O2/c1-12-5-6-14(18)9-13(12)10-20-8-7-15(11-20)19-16(21)22-17(2,3)4/h5-6,9,15H,7-8,10-11H2,1-4H3,(H,19,21). The highest BCUT2D eigenvalue weighted by Crippen LogP contribution is 2.20. The summed E-state index contributed by atoms with van der Waals surface area (Å²) in [6, 6.07) is 6.54. The fourth-order valence-corrected chi connectivity index (χ4v) is 3.03. The summed E-state index contributed by atoms with van der Waals surface area (Å²) in [5.41, 5.74) is 2.18. The van der Waals surface area contributed by atoms with Gasteiger partial charge in [-0.2, -0.15) is 0 Å². The molecule has 1 aromatic rings. The number of benzene rings is 1. The summed E-state index contributed by atoms with van der Waals surface area (Å²) in [5.74, 6) is 0. The number of nitrogens with zero attached hydrogens (tertiary/aromatic N) is 1. The molecule has 0 bridgehead atoms. The predicted molar refractivity (Wildman–Crippen MR) is 91.9 cm³/mol. The summed E-state index contributed by atoms with van der Waals surface area (Å²) in [6.07, 6.45) is 0.643. The Labute approximate surface area is 141 Å². The van der Waals surface area contributed by atoms with Crippen LogP contribution in [0.5, 0.6) is 0 Å². The average Bonchev–Trinajstić information content (AvgIpc) is 2.78. The largest absolute Gasteiger partial charge is 0.444 e. The van der Waals surface area contributed by atoms with Crippen molar-refractivity contribution in [2.45, 2.75) is 52.3 Å². The van der Waals surface area contributed by atoms with Crippen molar-refractivity contribution in [2.24, 2.45) is 0 Å². The third-order valence-corrected chi connectivity index (χ3v) is 4.19. The maximum atomic E-state index is 11.8. The number of likely N-dealkylation sites (tertiary alicyclic amines) is 1. The Hall–Kier alpha value is -1.07. The van der Waals surface area contributed by atoms with Gasteiger partial charge >= 0.3 is 6.09 Å². The average molecular weight is 369 g/mol. The van der Waals surface area contributed by atoms with E-state index < -0.39 is 5.60 Å². The Balaban J connectivity index is 1.85. The first-order valence-corrected chi connectivity index (χ1v) is 8.49. The molecule has 1 aromatic carbocycles. The molecule has 5 heteroatoms. The lowest BCUT2D eigenvalue weighted by atomic mass is 10.1. The van der Waals surface area contributed by atoms with E-state index in [-0.39, 0.29) is 12.1 Å². The second kappa shape index (κ2) is 7.01. The number of ether oxygens (including phenoxy) is 1. The molecule has 1 atom stereocenters. The van der Waals surface area contributed by atoms with Gasteiger partial charge in [-0.05, 0) is 57.4 Å². The Morgan fingerprint density at radius 1 is 1.45 bits per heavy atom. The quantitative estimate of drug-likeness (QED) is 0.880. The van der Waals surface area contributed by atoms with E-state index in [0.717, 1.165) is 30.5 Å². The molecule has 22 heavy (non-hydrogen) atoms. The molecule has 0 saturated carbocycles. The summed E-state index contributed by atoms with van der Waals surface area (Å²) in [5, 5.41) is 2.97. The van der Waals surface area contributed by atoms with Crippen molar-refractivity contribution >= 4 is 22.0 Å². The van der Waals surface area contributed by atoms with Gasteiger partial charge in [0.15, 0.2) is 0 Å². The minimum atomic E-state index is -0.449. The number of carbonyl (C=O) groups excluding carboxylic acids is 1. The number of alkyl carbamates (subject to hydrolysis) is 1. The molecule has 122 valence electrons. The van der Waals surface area contributed by atoms with E-state index in [4.69, 9.17) is 4.74 Å². The van der Waals surface area contributed by atoms with Gasteiger partial charge in [0.1, 0.15) is 5.60 Å². The van der Waals surface area contributed by atoms with Crippen LogP contribution in [0.2, 0.25) is 0 Å². The first-order valence-electron chi connectivity index (χ1n) is 7.70. The molecule has 4 nitrogen and oxygen atoms in total.